The summed E-state index contributed by atoms with van der Waals surface area (Å²) in [6, 6.07) is 8.50. The van der Waals surface area contributed by atoms with Crippen molar-refractivity contribution in [3.63, 3.8) is 0 Å². The number of hydrogen-bond donors (Lipinski definition) is 2. The van der Waals surface area contributed by atoms with Gasteiger partial charge in [0.2, 0.25) is 0 Å². The zero-order valence-corrected chi connectivity index (χ0v) is 13.3. The molecule has 3 N–H and O–H groups in total. The maximum absolute atomic E-state index is 5.68. The molecule has 0 aliphatic carbocycles. The molecule has 0 aliphatic rings. The summed E-state index contributed by atoms with van der Waals surface area (Å²) in [7, 11) is 0. The molecule has 3 heteroatoms. The molecule has 3 nitrogen and oxygen atoms in total. The van der Waals surface area contributed by atoms with Crippen LogP contribution in [0, 0.1) is 0 Å². The third-order valence-electron chi connectivity index (χ3n) is 3.65. The lowest BCUT2D eigenvalue weighted by molar-refractivity contribution is 0.309. The van der Waals surface area contributed by atoms with Crippen LogP contribution in [-0.4, -0.2) is 6.61 Å². The van der Waals surface area contributed by atoms with Crippen molar-refractivity contribution in [2.45, 2.75) is 57.9 Å². The van der Waals surface area contributed by atoms with Gasteiger partial charge in [0.05, 0.1) is 6.61 Å². The number of nitrogens with one attached hydrogen (secondary N) is 1. The molecule has 1 aromatic carbocycles. The molecule has 0 saturated carbocycles. The Morgan fingerprint density at radius 3 is 2.57 bits per heavy atom. The van der Waals surface area contributed by atoms with Crippen LogP contribution in [0.4, 0.5) is 0 Å². The minimum atomic E-state index is 0.221. The first-order valence-electron chi connectivity index (χ1n) is 8.11. The molecule has 0 heterocycles. The Balaban J connectivity index is 2.39. The second kappa shape index (κ2) is 11.4. The molecule has 1 atom stereocenters. The van der Waals surface area contributed by atoms with Gasteiger partial charge in [-0.1, -0.05) is 44.4 Å². The fourth-order valence-corrected chi connectivity index (χ4v) is 2.29. The van der Waals surface area contributed by atoms with E-state index in [-0.39, 0.29) is 6.04 Å². The molecule has 1 rings (SSSR count). The lowest BCUT2D eigenvalue weighted by Crippen LogP contribution is -2.27. The molecule has 0 spiro atoms. The summed E-state index contributed by atoms with van der Waals surface area (Å²) in [6.07, 6.45) is 10.0. The van der Waals surface area contributed by atoms with Crippen LogP contribution in [-0.2, 0) is 0 Å². The number of ether oxygens (including phenoxy) is 1. The van der Waals surface area contributed by atoms with E-state index in [9.17, 15) is 0 Å². The second-order valence-corrected chi connectivity index (χ2v) is 5.42. The maximum atomic E-state index is 5.68. The standard InChI is InChI=1S/C18H30N2O/c1-3-5-7-8-9-10-18(20-19)16-11-13-17(14-12-16)21-15-6-4-2/h3,11-14,18,20H,1,4-10,15,19H2,2H3. The van der Waals surface area contributed by atoms with Gasteiger partial charge in [-0.25, -0.2) is 0 Å². The van der Waals surface area contributed by atoms with Gasteiger partial charge in [-0.2, -0.15) is 0 Å². The van der Waals surface area contributed by atoms with Crippen molar-refractivity contribution in [3.05, 3.63) is 42.5 Å². The van der Waals surface area contributed by atoms with Gasteiger partial charge in [0.25, 0.3) is 0 Å². The first-order chi connectivity index (χ1) is 10.3. The van der Waals surface area contributed by atoms with E-state index in [2.05, 4.69) is 31.1 Å². The summed E-state index contributed by atoms with van der Waals surface area (Å²) in [4.78, 5) is 0. The Morgan fingerprint density at radius 2 is 1.95 bits per heavy atom. The largest absolute Gasteiger partial charge is 0.494 e. The van der Waals surface area contributed by atoms with E-state index in [1.54, 1.807) is 0 Å². The minimum absolute atomic E-state index is 0.221. The van der Waals surface area contributed by atoms with E-state index in [4.69, 9.17) is 10.6 Å². The van der Waals surface area contributed by atoms with Crippen LogP contribution in [0.3, 0.4) is 0 Å². The monoisotopic (exact) mass is 290 g/mol. The molecule has 0 bridgehead atoms. The van der Waals surface area contributed by atoms with Gasteiger partial charge in [-0.05, 0) is 43.4 Å². The SMILES string of the molecule is C=CCCCCCC(NN)c1ccc(OCCCC)cc1. The molecule has 21 heavy (non-hydrogen) atoms. The van der Waals surface area contributed by atoms with E-state index in [1.807, 2.05) is 18.2 Å². The highest BCUT2D eigenvalue weighted by molar-refractivity contribution is 5.29. The highest BCUT2D eigenvalue weighted by Gasteiger charge is 2.09. The smallest absolute Gasteiger partial charge is 0.119 e. The van der Waals surface area contributed by atoms with Crippen LogP contribution in [0.1, 0.15) is 63.5 Å². The fourth-order valence-electron chi connectivity index (χ4n) is 2.29. The van der Waals surface area contributed by atoms with Gasteiger partial charge in [-0.15, -0.1) is 6.58 Å². The molecule has 1 aromatic rings. The molecule has 0 radical (unpaired) electrons. The van der Waals surface area contributed by atoms with Gasteiger partial charge >= 0.3 is 0 Å². The first kappa shape index (κ1) is 17.7. The fraction of sp³-hybridized carbons (Fsp3) is 0.556. The Bertz CT molecular complexity index is 375. The summed E-state index contributed by atoms with van der Waals surface area (Å²) in [6.45, 7) is 6.70. The topological polar surface area (TPSA) is 47.3 Å². The zero-order valence-electron chi connectivity index (χ0n) is 13.3. The minimum Gasteiger partial charge on any atom is -0.494 e. The van der Waals surface area contributed by atoms with Crippen molar-refractivity contribution in [2.24, 2.45) is 5.84 Å². The van der Waals surface area contributed by atoms with Gasteiger partial charge in [0, 0.05) is 6.04 Å². The normalized spacial score (nSPS) is 12.1. The summed E-state index contributed by atoms with van der Waals surface area (Å²) in [5.41, 5.74) is 4.15. The van der Waals surface area contributed by atoms with Crippen LogP contribution < -0.4 is 16.0 Å². The highest BCUT2D eigenvalue weighted by Crippen LogP contribution is 2.22. The van der Waals surface area contributed by atoms with E-state index >= 15 is 0 Å². The molecule has 118 valence electrons. The maximum Gasteiger partial charge on any atom is 0.119 e. The average molecular weight is 290 g/mol. The Morgan fingerprint density at radius 1 is 1.19 bits per heavy atom. The molecule has 0 saturated heterocycles. The molecule has 1 unspecified atom stereocenters. The van der Waals surface area contributed by atoms with Crippen molar-refractivity contribution < 1.29 is 4.74 Å². The number of hydrogen-bond acceptors (Lipinski definition) is 3. The second-order valence-electron chi connectivity index (χ2n) is 5.42. The number of rotatable bonds is 12. The third kappa shape index (κ3) is 7.30. The predicted octanol–water partition coefficient (Wildman–Crippen LogP) is 4.51. The zero-order chi connectivity index (χ0) is 15.3. The quantitative estimate of drug-likeness (QED) is 0.258. The van der Waals surface area contributed by atoms with Crippen LogP contribution in [0.2, 0.25) is 0 Å². The van der Waals surface area contributed by atoms with Crippen molar-refractivity contribution in [3.8, 4) is 5.75 Å². The van der Waals surface area contributed by atoms with Gasteiger partial charge in [0.1, 0.15) is 5.75 Å². The molecule has 0 amide bonds. The van der Waals surface area contributed by atoms with Gasteiger partial charge in [0.15, 0.2) is 0 Å². The molecule has 0 fully saturated rings. The van der Waals surface area contributed by atoms with E-state index in [1.165, 1.54) is 24.8 Å². The van der Waals surface area contributed by atoms with Gasteiger partial charge < -0.3 is 4.74 Å². The number of nitrogens with two attached hydrogens (primary N) is 1. The Labute approximate surface area is 129 Å². The number of benzene rings is 1. The lowest BCUT2D eigenvalue weighted by atomic mass is 10.0. The Hall–Kier alpha value is -1.32. The lowest BCUT2D eigenvalue weighted by Gasteiger charge is -2.16. The number of hydrazine groups is 1. The number of allylic oxidation sites excluding steroid dienone is 1. The van der Waals surface area contributed by atoms with Crippen molar-refractivity contribution in [2.75, 3.05) is 6.61 Å². The van der Waals surface area contributed by atoms with Crippen LogP contribution in [0.5, 0.6) is 5.75 Å². The van der Waals surface area contributed by atoms with Crippen molar-refractivity contribution in [1.29, 1.82) is 0 Å². The van der Waals surface area contributed by atoms with Crippen LogP contribution in [0.15, 0.2) is 36.9 Å². The summed E-state index contributed by atoms with van der Waals surface area (Å²) >= 11 is 0. The van der Waals surface area contributed by atoms with Gasteiger partial charge in [-0.3, -0.25) is 11.3 Å². The van der Waals surface area contributed by atoms with E-state index < -0.39 is 0 Å². The molecule has 0 aliphatic heterocycles. The third-order valence-corrected chi connectivity index (χ3v) is 3.65. The molecular weight excluding hydrogens is 260 g/mol. The molecule has 0 aromatic heterocycles. The predicted molar refractivity (Wildman–Crippen MR) is 90.2 cm³/mol. The average Bonchev–Trinajstić information content (AvgIpc) is 2.52. The van der Waals surface area contributed by atoms with Crippen molar-refractivity contribution >= 4 is 0 Å². The summed E-state index contributed by atoms with van der Waals surface area (Å²) in [5.74, 6) is 6.62. The molecular formula is C18H30N2O. The summed E-state index contributed by atoms with van der Waals surface area (Å²) in [5, 5.41) is 0. The number of unbranched alkanes of at least 4 members (excludes halogenated alkanes) is 4. The van der Waals surface area contributed by atoms with E-state index in [0.717, 1.165) is 38.0 Å². The van der Waals surface area contributed by atoms with Crippen LogP contribution in [0.25, 0.3) is 0 Å². The van der Waals surface area contributed by atoms with Crippen LogP contribution >= 0.6 is 0 Å². The Kier molecular flexibility index (Phi) is 9.58. The highest BCUT2D eigenvalue weighted by atomic mass is 16.5. The van der Waals surface area contributed by atoms with E-state index in [0.29, 0.717) is 0 Å². The van der Waals surface area contributed by atoms with Crippen molar-refractivity contribution in [1.82, 2.24) is 5.43 Å². The first-order valence-corrected chi connectivity index (χ1v) is 8.11. The summed E-state index contributed by atoms with van der Waals surface area (Å²) < 4.78 is 5.68.